The monoisotopic (exact) mass is 348 g/mol. The Labute approximate surface area is 150 Å². The second kappa shape index (κ2) is 7.28. The molecule has 2 aromatic carbocycles. The standard InChI is InChI=1S/C21H26Cl2/c1-20(2,16-6-10-18(22)11-7-16)14-5-15-21(3,4)17-8-12-19(23)13-9-17/h6-13H,5,14-15H2,1-4H3. The van der Waals surface area contributed by atoms with Crippen molar-refractivity contribution >= 4 is 23.2 Å². The molecule has 0 fully saturated rings. The van der Waals surface area contributed by atoms with Gasteiger partial charge in [0, 0.05) is 10.0 Å². The minimum Gasteiger partial charge on any atom is -0.0843 e. The maximum absolute atomic E-state index is 6.00. The van der Waals surface area contributed by atoms with E-state index in [1.165, 1.54) is 17.5 Å². The number of hydrogen-bond donors (Lipinski definition) is 0. The molecule has 0 saturated carbocycles. The van der Waals surface area contributed by atoms with Crippen molar-refractivity contribution in [1.82, 2.24) is 0 Å². The Morgan fingerprint density at radius 1 is 0.609 bits per heavy atom. The first kappa shape index (κ1) is 18.4. The molecule has 0 aliphatic carbocycles. The largest absolute Gasteiger partial charge is 0.0843 e. The third kappa shape index (κ3) is 4.99. The van der Waals surface area contributed by atoms with E-state index in [-0.39, 0.29) is 10.8 Å². The quantitative estimate of drug-likeness (QED) is 0.509. The molecule has 0 aliphatic rings. The highest BCUT2D eigenvalue weighted by Crippen LogP contribution is 2.34. The lowest BCUT2D eigenvalue weighted by Crippen LogP contribution is -2.21. The van der Waals surface area contributed by atoms with Gasteiger partial charge in [-0.1, -0.05) is 81.6 Å². The topological polar surface area (TPSA) is 0 Å². The van der Waals surface area contributed by atoms with Gasteiger partial charge in [0.25, 0.3) is 0 Å². The van der Waals surface area contributed by atoms with Gasteiger partial charge in [-0.2, -0.15) is 0 Å². The maximum Gasteiger partial charge on any atom is 0.0406 e. The molecule has 0 saturated heterocycles. The van der Waals surface area contributed by atoms with E-state index in [1.807, 2.05) is 24.3 Å². The Morgan fingerprint density at radius 3 is 1.22 bits per heavy atom. The molecule has 0 heterocycles. The van der Waals surface area contributed by atoms with Crippen molar-refractivity contribution < 1.29 is 0 Å². The van der Waals surface area contributed by atoms with E-state index in [9.17, 15) is 0 Å². The average molecular weight is 349 g/mol. The van der Waals surface area contributed by atoms with Gasteiger partial charge in [-0.15, -0.1) is 0 Å². The molecule has 2 rings (SSSR count). The molecule has 124 valence electrons. The molecule has 0 unspecified atom stereocenters. The summed E-state index contributed by atoms with van der Waals surface area (Å²) in [6, 6.07) is 16.5. The molecule has 0 atom stereocenters. The molecular weight excluding hydrogens is 323 g/mol. The minimum absolute atomic E-state index is 0.167. The Morgan fingerprint density at radius 2 is 0.913 bits per heavy atom. The van der Waals surface area contributed by atoms with Crippen LogP contribution in [0.2, 0.25) is 10.0 Å². The van der Waals surface area contributed by atoms with Gasteiger partial charge in [0.05, 0.1) is 0 Å². The van der Waals surface area contributed by atoms with Crippen LogP contribution in [-0.4, -0.2) is 0 Å². The van der Waals surface area contributed by atoms with Crippen LogP contribution in [-0.2, 0) is 10.8 Å². The fourth-order valence-corrected chi connectivity index (χ4v) is 3.32. The van der Waals surface area contributed by atoms with Crippen molar-refractivity contribution in [1.29, 1.82) is 0 Å². The van der Waals surface area contributed by atoms with Crippen molar-refractivity contribution in [2.45, 2.75) is 57.8 Å². The summed E-state index contributed by atoms with van der Waals surface area (Å²) in [6.07, 6.45) is 3.50. The molecular formula is C21H26Cl2. The lowest BCUT2D eigenvalue weighted by Gasteiger charge is -2.29. The summed E-state index contributed by atoms with van der Waals surface area (Å²) in [6.45, 7) is 9.24. The summed E-state index contributed by atoms with van der Waals surface area (Å²) in [5.74, 6) is 0. The van der Waals surface area contributed by atoms with Crippen LogP contribution in [0.5, 0.6) is 0 Å². The van der Waals surface area contributed by atoms with E-state index < -0.39 is 0 Å². The highest BCUT2D eigenvalue weighted by atomic mass is 35.5. The first-order valence-corrected chi connectivity index (χ1v) is 8.98. The molecule has 0 N–H and O–H groups in total. The summed E-state index contributed by atoms with van der Waals surface area (Å²) in [7, 11) is 0. The van der Waals surface area contributed by atoms with E-state index >= 15 is 0 Å². The predicted molar refractivity (Wildman–Crippen MR) is 103 cm³/mol. The van der Waals surface area contributed by atoms with Crippen LogP contribution >= 0.6 is 23.2 Å². The Kier molecular flexibility index (Phi) is 5.81. The molecule has 0 nitrogen and oxygen atoms in total. The van der Waals surface area contributed by atoms with E-state index in [4.69, 9.17) is 23.2 Å². The van der Waals surface area contributed by atoms with Crippen LogP contribution in [0.25, 0.3) is 0 Å². The van der Waals surface area contributed by atoms with Crippen molar-refractivity contribution in [3.8, 4) is 0 Å². The van der Waals surface area contributed by atoms with E-state index in [0.29, 0.717) is 0 Å². The normalized spacial score (nSPS) is 12.4. The lowest BCUT2D eigenvalue weighted by molar-refractivity contribution is 0.392. The molecule has 0 bridgehead atoms. The van der Waals surface area contributed by atoms with Gasteiger partial charge in [0.15, 0.2) is 0 Å². The first-order valence-electron chi connectivity index (χ1n) is 8.23. The smallest absolute Gasteiger partial charge is 0.0406 e. The maximum atomic E-state index is 6.00. The Hall–Kier alpha value is -0.980. The van der Waals surface area contributed by atoms with Crippen molar-refractivity contribution in [2.24, 2.45) is 0 Å². The number of benzene rings is 2. The van der Waals surface area contributed by atoms with Crippen LogP contribution in [0.15, 0.2) is 48.5 Å². The first-order chi connectivity index (χ1) is 10.7. The molecule has 23 heavy (non-hydrogen) atoms. The van der Waals surface area contributed by atoms with Crippen molar-refractivity contribution in [2.75, 3.05) is 0 Å². The number of hydrogen-bond acceptors (Lipinski definition) is 0. The summed E-state index contributed by atoms with van der Waals surface area (Å²) in [5.41, 5.74) is 3.04. The molecule has 0 radical (unpaired) electrons. The van der Waals surface area contributed by atoms with Gasteiger partial charge in [0.2, 0.25) is 0 Å². The van der Waals surface area contributed by atoms with E-state index in [0.717, 1.165) is 22.9 Å². The highest BCUT2D eigenvalue weighted by Gasteiger charge is 2.24. The SMILES string of the molecule is CC(C)(CCCC(C)(C)c1ccc(Cl)cc1)c1ccc(Cl)cc1. The fourth-order valence-electron chi connectivity index (χ4n) is 3.06. The zero-order chi connectivity index (χ0) is 17.1. The Bertz CT molecular complexity index is 564. The van der Waals surface area contributed by atoms with Gasteiger partial charge < -0.3 is 0 Å². The van der Waals surface area contributed by atoms with Crippen LogP contribution < -0.4 is 0 Å². The van der Waals surface area contributed by atoms with Crippen molar-refractivity contribution in [3.63, 3.8) is 0 Å². The minimum atomic E-state index is 0.167. The molecule has 0 spiro atoms. The third-order valence-electron chi connectivity index (χ3n) is 4.85. The van der Waals surface area contributed by atoms with Crippen LogP contribution in [0.4, 0.5) is 0 Å². The van der Waals surface area contributed by atoms with Gasteiger partial charge in [0.1, 0.15) is 0 Å². The lowest BCUT2D eigenvalue weighted by atomic mass is 9.75. The van der Waals surface area contributed by atoms with Crippen LogP contribution in [0.3, 0.4) is 0 Å². The van der Waals surface area contributed by atoms with E-state index in [1.54, 1.807) is 0 Å². The summed E-state index contributed by atoms with van der Waals surface area (Å²) in [5, 5.41) is 1.60. The second-order valence-electron chi connectivity index (χ2n) is 7.64. The number of halogens is 2. The summed E-state index contributed by atoms with van der Waals surface area (Å²) in [4.78, 5) is 0. The fraction of sp³-hybridized carbons (Fsp3) is 0.429. The molecule has 2 aromatic rings. The summed E-state index contributed by atoms with van der Waals surface area (Å²) >= 11 is 12.0. The van der Waals surface area contributed by atoms with Crippen LogP contribution in [0.1, 0.15) is 58.1 Å². The number of rotatable bonds is 6. The highest BCUT2D eigenvalue weighted by molar-refractivity contribution is 6.30. The molecule has 0 amide bonds. The Balaban J connectivity index is 1.97. The zero-order valence-electron chi connectivity index (χ0n) is 14.5. The predicted octanol–water partition coefficient (Wildman–Crippen LogP) is 7.42. The van der Waals surface area contributed by atoms with Gasteiger partial charge in [-0.25, -0.2) is 0 Å². The van der Waals surface area contributed by atoms with Crippen LogP contribution in [0, 0.1) is 0 Å². The summed E-state index contributed by atoms with van der Waals surface area (Å²) < 4.78 is 0. The third-order valence-corrected chi connectivity index (χ3v) is 5.36. The zero-order valence-corrected chi connectivity index (χ0v) is 16.0. The second-order valence-corrected chi connectivity index (χ2v) is 8.51. The molecule has 2 heteroatoms. The average Bonchev–Trinajstić information content (AvgIpc) is 2.47. The van der Waals surface area contributed by atoms with Gasteiger partial charge in [-0.05, 0) is 59.1 Å². The molecule has 0 aromatic heterocycles. The van der Waals surface area contributed by atoms with Gasteiger partial charge >= 0.3 is 0 Å². The van der Waals surface area contributed by atoms with Crippen molar-refractivity contribution in [3.05, 3.63) is 69.7 Å². The molecule has 0 aliphatic heterocycles. The van der Waals surface area contributed by atoms with E-state index in [2.05, 4.69) is 52.0 Å². The van der Waals surface area contributed by atoms with Gasteiger partial charge in [-0.3, -0.25) is 0 Å².